The molecule has 2 aromatic heterocycles. The zero-order valence-corrected chi connectivity index (χ0v) is 12.8. The highest BCUT2D eigenvalue weighted by molar-refractivity contribution is 5.69. The maximum absolute atomic E-state index is 12.2. The number of aromatic amines is 1. The summed E-state index contributed by atoms with van der Waals surface area (Å²) in [6.45, 7) is 7.46. The number of rotatable bonds is 3. The Morgan fingerprint density at radius 1 is 1.23 bits per heavy atom. The summed E-state index contributed by atoms with van der Waals surface area (Å²) < 4.78 is 2.46. The number of piperazine rings is 1. The van der Waals surface area contributed by atoms with Gasteiger partial charge in [-0.15, -0.1) is 6.58 Å². The Hall–Kier alpha value is -2.19. The lowest BCUT2D eigenvalue weighted by molar-refractivity contribution is 0.198. The molecule has 0 radical (unpaired) electrons. The molecule has 3 rings (SSSR count). The van der Waals surface area contributed by atoms with Gasteiger partial charge in [-0.05, 0) is 0 Å². The van der Waals surface area contributed by atoms with Crippen LogP contribution in [0.1, 0.15) is 11.9 Å². The average molecular weight is 304 g/mol. The van der Waals surface area contributed by atoms with E-state index >= 15 is 0 Å². The summed E-state index contributed by atoms with van der Waals surface area (Å²) in [4.78, 5) is 34.0. The van der Waals surface area contributed by atoms with E-state index in [1.165, 1.54) is 11.6 Å². The van der Waals surface area contributed by atoms with E-state index in [1.54, 1.807) is 7.05 Å². The van der Waals surface area contributed by atoms with Crippen molar-refractivity contribution in [3.63, 3.8) is 0 Å². The van der Waals surface area contributed by atoms with Crippen LogP contribution in [-0.2, 0) is 14.1 Å². The molecule has 3 heterocycles. The van der Waals surface area contributed by atoms with E-state index in [4.69, 9.17) is 0 Å². The van der Waals surface area contributed by atoms with E-state index in [0.717, 1.165) is 30.7 Å². The highest BCUT2D eigenvalue weighted by Crippen LogP contribution is 2.21. The SMILES string of the molecule is C=CC(c1nc2c([nH]1)c(=O)n(C)c(=O)n2C)N1CCNCC1. The molecule has 22 heavy (non-hydrogen) atoms. The Labute approximate surface area is 127 Å². The van der Waals surface area contributed by atoms with Crippen LogP contribution in [0.15, 0.2) is 22.2 Å². The molecule has 1 atom stereocenters. The van der Waals surface area contributed by atoms with Gasteiger partial charge in [-0.1, -0.05) is 6.08 Å². The monoisotopic (exact) mass is 304 g/mol. The van der Waals surface area contributed by atoms with Crippen LogP contribution in [-0.4, -0.2) is 50.2 Å². The second kappa shape index (κ2) is 5.54. The van der Waals surface area contributed by atoms with Gasteiger partial charge in [0, 0.05) is 40.3 Å². The molecule has 0 aromatic carbocycles. The number of imidazole rings is 1. The van der Waals surface area contributed by atoms with Gasteiger partial charge in [0.2, 0.25) is 0 Å². The standard InChI is InChI=1S/C14H20N6O2/c1-4-9(20-7-5-15-6-8-20)11-16-10-12(17-11)18(2)14(22)19(3)13(10)21/h4,9,15H,1,5-8H2,2-3H3,(H,16,17). The zero-order chi connectivity index (χ0) is 15.9. The van der Waals surface area contributed by atoms with Crippen LogP contribution < -0.4 is 16.6 Å². The topological polar surface area (TPSA) is 88.0 Å². The van der Waals surface area contributed by atoms with Gasteiger partial charge < -0.3 is 10.3 Å². The minimum absolute atomic E-state index is 0.102. The second-order valence-electron chi connectivity index (χ2n) is 5.49. The molecule has 1 unspecified atom stereocenters. The van der Waals surface area contributed by atoms with Gasteiger partial charge in [0.15, 0.2) is 5.65 Å². The minimum Gasteiger partial charge on any atom is -0.334 e. The fourth-order valence-corrected chi connectivity index (χ4v) is 2.88. The van der Waals surface area contributed by atoms with Gasteiger partial charge in [-0.25, -0.2) is 9.78 Å². The van der Waals surface area contributed by atoms with Gasteiger partial charge in [0.25, 0.3) is 5.56 Å². The lowest BCUT2D eigenvalue weighted by Gasteiger charge is -2.31. The van der Waals surface area contributed by atoms with Crippen LogP contribution in [0.3, 0.4) is 0 Å². The zero-order valence-electron chi connectivity index (χ0n) is 12.8. The molecule has 2 aromatic rings. The van der Waals surface area contributed by atoms with E-state index in [9.17, 15) is 9.59 Å². The van der Waals surface area contributed by atoms with E-state index in [0.29, 0.717) is 17.0 Å². The Kier molecular flexibility index (Phi) is 3.71. The third kappa shape index (κ3) is 2.20. The number of H-pyrrole nitrogens is 1. The molecule has 0 saturated carbocycles. The maximum Gasteiger partial charge on any atom is 0.332 e. The molecule has 8 nitrogen and oxygen atoms in total. The van der Waals surface area contributed by atoms with Crippen molar-refractivity contribution in [3.8, 4) is 0 Å². The Morgan fingerprint density at radius 2 is 1.91 bits per heavy atom. The first-order chi connectivity index (χ1) is 10.5. The normalized spacial score (nSPS) is 17.7. The predicted octanol–water partition coefficient (Wildman–Crippen LogP) is -0.907. The molecule has 0 aliphatic carbocycles. The van der Waals surface area contributed by atoms with Crippen LogP contribution in [0, 0.1) is 0 Å². The summed E-state index contributed by atoms with van der Waals surface area (Å²) in [5.41, 5.74) is -0.0143. The van der Waals surface area contributed by atoms with Crippen molar-refractivity contribution in [1.82, 2.24) is 29.3 Å². The maximum atomic E-state index is 12.2. The van der Waals surface area contributed by atoms with Crippen molar-refractivity contribution >= 4 is 11.2 Å². The minimum atomic E-state index is -0.382. The highest BCUT2D eigenvalue weighted by Gasteiger charge is 2.24. The van der Waals surface area contributed by atoms with Crippen molar-refractivity contribution in [3.05, 3.63) is 39.3 Å². The lowest BCUT2D eigenvalue weighted by atomic mass is 10.2. The average Bonchev–Trinajstić information content (AvgIpc) is 2.98. The quantitative estimate of drug-likeness (QED) is 0.717. The molecule has 0 spiro atoms. The van der Waals surface area contributed by atoms with Crippen molar-refractivity contribution in [2.75, 3.05) is 26.2 Å². The van der Waals surface area contributed by atoms with Crippen molar-refractivity contribution < 1.29 is 0 Å². The number of aromatic nitrogens is 4. The number of hydrogen-bond acceptors (Lipinski definition) is 5. The Morgan fingerprint density at radius 3 is 2.55 bits per heavy atom. The molecule has 1 aliphatic heterocycles. The van der Waals surface area contributed by atoms with Crippen LogP contribution >= 0.6 is 0 Å². The first-order valence-corrected chi connectivity index (χ1v) is 7.27. The number of nitrogens with one attached hydrogen (secondary N) is 2. The molecular weight excluding hydrogens is 284 g/mol. The van der Waals surface area contributed by atoms with Crippen molar-refractivity contribution in [2.45, 2.75) is 6.04 Å². The Balaban J connectivity index is 2.13. The molecule has 1 fully saturated rings. The highest BCUT2D eigenvalue weighted by atomic mass is 16.2. The molecule has 1 aliphatic rings. The largest absolute Gasteiger partial charge is 0.334 e. The van der Waals surface area contributed by atoms with Gasteiger partial charge in [0.1, 0.15) is 11.3 Å². The van der Waals surface area contributed by atoms with Gasteiger partial charge in [-0.3, -0.25) is 18.8 Å². The lowest BCUT2D eigenvalue weighted by Crippen LogP contribution is -2.44. The van der Waals surface area contributed by atoms with Gasteiger partial charge in [-0.2, -0.15) is 0 Å². The van der Waals surface area contributed by atoms with E-state index in [2.05, 4.69) is 26.8 Å². The number of fused-ring (bicyclic) bond motifs is 1. The summed E-state index contributed by atoms with van der Waals surface area (Å²) in [6.07, 6.45) is 1.81. The molecule has 118 valence electrons. The predicted molar refractivity (Wildman–Crippen MR) is 84.0 cm³/mol. The molecule has 0 amide bonds. The van der Waals surface area contributed by atoms with Gasteiger partial charge in [0.05, 0.1) is 6.04 Å². The first kappa shape index (κ1) is 14.7. The smallest absolute Gasteiger partial charge is 0.332 e. The van der Waals surface area contributed by atoms with Crippen molar-refractivity contribution in [2.24, 2.45) is 14.1 Å². The molecule has 0 bridgehead atoms. The summed E-state index contributed by atoms with van der Waals surface area (Å²) in [5.74, 6) is 0.644. The summed E-state index contributed by atoms with van der Waals surface area (Å²) in [7, 11) is 3.08. The number of hydrogen-bond donors (Lipinski definition) is 2. The number of nitrogens with zero attached hydrogens (tertiary/aromatic N) is 4. The number of aryl methyl sites for hydroxylation is 1. The molecule has 1 saturated heterocycles. The second-order valence-corrected chi connectivity index (χ2v) is 5.49. The summed E-state index contributed by atoms with van der Waals surface area (Å²) >= 11 is 0. The first-order valence-electron chi connectivity index (χ1n) is 7.27. The summed E-state index contributed by atoms with van der Waals surface area (Å²) in [5, 5.41) is 3.30. The van der Waals surface area contributed by atoms with Crippen molar-refractivity contribution in [1.29, 1.82) is 0 Å². The summed E-state index contributed by atoms with van der Waals surface area (Å²) in [6, 6.07) is -0.102. The van der Waals surface area contributed by atoms with E-state index in [-0.39, 0.29) is 17.3 Å². The van der Waals surface area contributed by atoms with E-state index in [1.807, 2.05) is 6.08 Å². The van der Waals surface area contributed by atoms with Crippen LogP contribution in [0.25, 0.3) is 11.2 Å². The third-order valence-electron chi connectivity index (χ3n) is 4.16. The van der Waals surface area contributed by atoms with Crippen LogP contribution in [0.5, 0.6) is 0 Å². The molecule has 8 heteroatoms. The molecule has 2 N–H and O–H groups in total. The van der Waals surface area contributed by atoms with E-state index < -0.39 is 0 Å². The third-order valence-corrected chi connectivity index (χ3v) is 4.16. The fraction of sp³-hybridized carbons (Fsp3) is 0.500. The molecular formula is C14H20N6O2. The van der Waals surface area contributed by atoms with Crippen LogP contribution in [0.4, 0.5) is 0 Å². The van der Waals surface area contributed by atoms with Crippen LogP contribution in [0.2, 0.25) is 0 Å². The fourth-order valence-electron chi connectivity index (χ4n) is 2.88. The van der Waals surface area contributed by atoms with Gasteiger partial charge >= 0.3 is 5.69 Å². The Bertz CT molecular complexity index is 824.